The van der Waals surface area contributed by atoms with Crippen LogP contribution >= 0.6 is 23.2 Å². The first kappa shape index (κ1) is 26.2. The maximum atomic E-state index is 12.9. The van der Waals surface area contributed by atoms with Crippen molar-refractivity contribution in [3.05, 3.63) is 75.9 Å². The van der Waals surface area contributed by atoms with E-state index < -0.39 is 10.0 Å². The predicted molar refractivity (Wildman–Crippen MR) is 145 cm³/mol. The molecule has 11 heteroatoms. The minimum absolute atomic E-state index is 0.136. The Morgan fingerprint density at radius 2 is 1.69 bits per heavy atom. The van der Waals surface area contributed by atoms with Gasteiger partial charge in [-0.25, -0.2) is 13.4 Å². The number of nitrogens with zero attached hydrogens (tertiary/aromatic N) is 4. The second-order valence-electron chi connectivity index (χ2n) is 8.76. The van der Waals surface area contributed by atoms with Gasteiger partial charge in [0.1, 0.15) is 0 Å². The molecule has 190 valence electrons. The summed E-state index contributed by atoms with van der Waals surface area (Å²) in [5.41, 5.74) is 9.38. The molecule has 1 saturated heterocycles. The van der Waals surface area contributed by atoms with E-state index in [0.29, 0.717) is 58.9 Å². The summed E-state index contributed by atoms with van der Waals surface area (Å²) < 4.78 is 27.3. The molecule has 0 spiro atoms. The normalized spacial score (nSPS) is 14.6. The van der Waals surface area contributed by atoms with Crippen molar-refractivity contribution >= 4 is 50.6 Å². The number of sulfonamides is 1. The van der Waals surface area contributed by atoms with E-state index in [-0.39, 0.29) is 11.7 Å². The molecule has 3 aromatic rings. The van der Waals surface area contributed by atoms with Crippen LogP contribution in [-0.4, -0.2) is 68.8 Å². The fourth-order valence-corrected chi connectivity index (χ4v) is 6.18. The van der Waals surface area contributed by atoms with Gasteiger partial charge in [-0.15, -0.1) is 0 Å². The molecule has 0 aliphatic carbocycles. The maximum absolute atomic E-state index is 12.9. The van der Waals surface area contributed by atoms with Gasteiger partial charge < -0.3 is 15.5 Å². The summed E-state index contributed by atoms with van der Waals surface area (Å²) in [6, 6.07) is 14.0. The van der Waals surface area contributed by atoms with Crippen molar-refractivity contribution in [2.75, 3.05) is 50.9 Å². The van der Waals surface area contributed by atoms with E-state index in [9.17, 15) is 13.2 Å². The smallest absolute Gasteiger partial charge is 0.254 e. The molecule has 0 saturated carbocycles. The first-order valence-corrected chi connectivity index (χ1v) is 13.7. The number of carbonyl (C=O) groups excluding carboxylic acids is 1. The Hall–Kier alpha value is -2.85. The van der Waals surface area contributed by atoms with Gasteiger partial charge >= 0.3 is 0 Å². The van der Waals surface area contributed by atoms with Crippen LogP contribution in [0.2, 0.25) is 10.0 Å². The van der Waals surface area contributed by atoms with Crippen molar-refractivity contribution in [2.24, 2.45) is 0 Å². The second-order valence-corrected chi connectivity index (χ2v) is 11.5. The number of nitrogen functional groups attached to an aromatic ring is 1. The zero-order valence-electron chi connectivity index (χ0n) is 20.0. The highest BCUT2D eigenvalue weighted by Gasteiger charge is 2.29. The topological polar surface area (TPSA) is 99.8 Å². The average molecular weight is 548 g/mol. The van der Waals surface area contributed by atoms with Crippen LogP contribution in [0.5, 0.6) is 0 Å². The van der Waals surface area contributed by atoms with E-state index in [0.717, 1.165) is 11.1 Å². The number of hydrogen-bond acceptors (Lipinski definition) is 6. The standard InChI is InChI=1S/C25H27Cl2N5O3S/c1-30(2)25(33)20-8-7-17(13-22(20)27)19-14-23(28)24(29-15-19)31-9-11-32(12-10-31)36(34,35)16-18-5-3-4-6-21(18)26/h3-8,13-15H,9-12,16,28H2,1-2H3. The number of hydrogen-bond donors (Lipinski definition) is 1. The molecule has 1 amide bonds. The van der Waals surface area contributed by atoms with Crippen LogP contribution in [0.3, 0.4) is 0 Å². The predicted octanol–water partition coefficient (Wildman–Crippen LogP) is 3.99. The molecule has 1 aliphatic heterocycles. The summed E-state index contributed by atoms with van der Waals surface area (Å²) in [5.74, 6) is 0.295. The number of carbonyl (C=O) groups is 1. The van der Waals surface area contributed by atoms with Gasteiger partial charge in [-0.3, -0.25) is 4.79 Å². The summed E-state index contributed by atoms with van der Waals surface area (Å²) in [5, 5.41) is 0.792. The first-order valence-electron chi connectivity index (χ1n) is 11.3. The van der Waals surface area contributed by atoms with Gasteiger partial charge in [-0.2, -0.15) is 4.31 Å². The Balaban J connectivity index is 1.45. The van der Waals surface area contributed by atoms with Gasteiger partial charge in [0.25, 0.3) is 5.91 Å². The van der Waals surface area contributed by atoms with Gasteiger partial charge in [0.2, 0.25) is 10.0 Å². The lowest BCUT2D eigenvalue weighted by molar-refractivity contribution is 0.0828. The minimum atomic E-state index is -3.51. The summed E-state index contributed by atoms with van der Waals surface area (Å²) in [4.78, 5) is 20.2. The van der Waals surface area contributed by atoms with Gasteiger partial charge in [0.05, 0.1) is 22.0 Å². The van der Waals surface area contributed by atoms with Crippen LogP contribution in [0, 0.1) is 0 Å². The molecular weight excluding hydrogens is 521 g/mol. The van der Waals surface area contributed by atoms with E-state index in [1.807, 2.05) is 11.0 Å². The van der Waals surface area contributed by atoms with Crippen molar-refractivity contribution in [1.29, 1.82) is 0 Å². The number of benzene rings is 2. The van der Waals surface area contributed by atoms with E-state index in [2.05, 4.69) is 4.98 Å². The van der Waals surface area contributed by atoms with Crippen LogP contribution in [-0.2, 0) is 15.8 Å². The molecule has 4 rings (SSSR count). The molecule has 1 aromatic heterocycles. The third kappa shape index (κ3) is 5.59. The molecule has 0 radical (unpaired) electrons. The third-order valence-corrected chi connectivity index (χ3v) is 8.57. The first-order chi connectivity index (χ1) is 17.1. The van der Waals surface area contributed by atoms with Crippen LogP contribution in [0.25, 0.3) is 11.1 Å². The number of rotatable bonds is 6. The SMILES string of the molecule is CN(C)C(=O)c1ccc(-c2cnc(N3CCN(S(=O)(=O)Cc4ccccc4Cl)CC3)c(N)c2)cc1Cl. The summed E-state index contributed by atoms with van der Waals surface area (Å²) in [6.07, 6.45) is 1.70. The van der Waals surface area contributed by atoms with E-state index in [1.54, 1.807) is 62.8 Å². The molecular formula is C25H27Cl2N5O3S. The van der Waals surface area contributed by atoms with Gasteiger partial charge in [0, 0.05) is 57.1 Å². The van der Waals surface area contributed by atoms with Crippen LogP contribution < -0.4 is 10.6 Å². The largest absolute Gasteiger partial charge is 0.396 e. The molecule has 36 heavy (non-hydrogen) atoms. The highest BCUT2D eigenvalue weighted by Crippen LogP contribution is 2.31. The molecule has 8 nitrogen and oxygen atoms in total. The molecule has 0 atom stereocenters. The van der Waals surface area contributed by atoms with E-state index >= 15 is 0 Å². The zero-order chi connectivity index (χ0) is 26.0. The summed E-state index contributed by atoms with van der Waals surface area (Å²) >= 11 is 12.5. The number of nitrogens with two attached hydrogens (primary N) is 1. The average Bonchev–Trinajstić information content (AvgIpc) is 2.85. The summed E-state index contributed by atoms with van der Waals surface area (Å²) in [7, 11) is -0.164. The molecule has 1 fully saturated rings. The second kappa shape index (κ2) is 10.6. The molecule has 2 heterocycles. The van der Waals surface area contributed by atoms with Crippen molar-refractivity contribution in [3.8, 4) is 11.1 Å². The van der Waals surface area contributed by atoms with Crippen LogP contribution in [0.1, 0.15) is 15.9 Å². The molecule has 0 unspecified atom stereocenters. The maximum Gasteiger partial charge on any atom is 0.254 e. The molecule has 2 aromatic carbocycles. The van der Waals surface area contributed by atoms with Crippen LogP contribution in [0.15, 0.2) is 54.7 Å². The highest BCUT2D eigenvalue weighted by atomic mass is 35.5. The van der Waals surface area contributed by atoms with E-state index in [4.69, 9.17) is 28.9 Å². The Kier molecular flexibility index (Phi) is 7.75. The van der Waals surface area contributed by atoms with Crippen LogP contribution in [0.4, 0.5) is 11.5 Å². The lowest BCUT2D eigenvalue weighted by Gasteiger charge is -2.35. The lowest BCUT2D eigenvalue weighted by Crippen LogP contribution is -2.49. The van der Waals surface area contributed by atoms with Crippen molar-refractivity contribution < 1.29 is 13.2 Å². The van der Waals surface area contributed by atoms with Crippen molar-refractivity contribution in [2.45, 2.75) is 5.75 Å². The molecule has 0 bridgehead atoms. The Morgan fingerprint density at radius 1 is 1.00 bits per heavy atom. The lowest BCUT2D eigenvalue weighted by atomic mass is 10.0. The van der Waals surface area contributed by atoms with Crippen molar-refractivity contribution in [3.63, 3.8) is 0 Å². The molecule has 2 N–H and O–H groups in total. The van der Waals surface area contributed by atoms with Gasteiger partial charge in [-0.1, -0.05) is 47.5 Å². The van der Waals surface area contributed by atoms with Gasteiger partial charge in [-0.05, 0) is 35.4 Å². The number of amides is 1. The number of pyridine rings is 1. The fraction of sp³-hybridized carbons (Fsp3) is 0.280. The number of halogens is 2. The Labute approximate surface area is 221 Å². The van der Waals surface area contributed by atoms with Crippen molar-refractivity contribution in [1.82, 2.24) is 14.2 Å². The number of piperazine rings is 1. The zero-order valence-corrected chi connectivity index (χ0v) is 22.3. The highest BCUT2D eigenvalue weighted by molar-refractivity contribution is 7.88. The Morgan fingerprint density at radius 3 is 2.31 bits per heavy atom. The summed E-state index contributed by atoms with van der Waals surface area (Å²) in [6.45, 7) is 1.58. The Bertz CT molecular complexity index is 1390. The number of anilines is 2. The molecule has 1 aliphatic rings. The van der Waals surface area contributed by atoms with Gasteiger partial charge in [0.15, 0.2) is 5.82 Å². The fourth-order valence-electron chi connectivity index (χ4n) is 4.09. The minimum Gasteiger partial charge on any atom is -0.396 e. The monoisotopic (exact) mass is 547 g/mol. The quantitative estimate of drug-likeness (QED) is 0.500. The third-order valence-electron chi connectivity index (χ3n) is 6.06. The van der Waals surface area contributed by atoms with E-state index in [1.165, 1.54) is 9.21 Å². The number of aromatic nitrogens is 1.